The van der Waals surface area contributed by atoms with Gasteiger partial charge < -0.3 is 29.7 Å². The standard InChI is InChI=1S/C26H30N8O/c1-32-7-5-16(6-8-32)23-18(14-27)19-15-28-26(35)22(24(19)31-23)25-29-20-4-3-17(13-21(20)30-25)34-11-9-33(2)10-12-34/h3-4,13,15-16,31H,5-12H2,1-2H3,(H,28,35)(H,29,30). The summed E-state index contributed by atoms with van der Waals surface area (Å²) < 4.78 is 0. The highest BCUT2D eigenvalue weighted by Crippen LogP contribution is 2.35. The quantitative estimate of drug-likeness (QED) is 0.425. The van der Waals surface area contributed by atoms with Gasteiger partial charge in [-0.05, 0) is 58.2 Å². The van der Waals surface area contributed by atoms with E-state index in [9.17, 15) is 10.1 Å². The normalized spacial score (nSPS) is 18.5. The Morgan fingerprint density at radius 2 is 1.77 bits per heavy atom. The highest BCUT2D eigenvalue weighted by Gasteiger charge is 2.26. The number of hydrogen-bond donors (Lipinski definition) is 3. The highest BCUT2D eigenvalue weighted by molar-refractivity contribution is 5.97. The first-order valence-corrected chi connectivity index (χ1v) is 12.3. The number of nitrogens with zero attached hydrogens (tertiary/aromatic N) is 5. The lowest BCUT2D eigenvalue weighted by Gasteiger charge is -2.34. The molecule has 2 fully saturated rings. The Labute approximate surface area is 203 Å². The number of rotatable bonds is 3. The molecular formula is C26H30N8O. The van der Waals surface area contributed by atoms with E-state index in [4.69, 9.17) is 4.98 Å². The average molecular weight is 471 g/mol. The first kappa shape index (κ1) is 21.9. The molecule has 2 aliphatic rings. The number of pyridine rings is 1. The SMILES string of the molecule is CN1CCC(c2[nH]c3c(-c4nc5ccc(N6CCN(C)CC6)cc5[nH]4)c(=O)[nH]cc3c2C#N)CC1. The maximum atomic E-state index is 13.0. The summed E-state index contributed by atoms with van der Waals surface area (Å²) in [6.07, 6.45) is 3.63. The number of H-pyrrole nitrogens is 3. The molecule has 3 aromatic heterocycles. The van der Waals surface area contributed by atoms with Gasteiger partial charge in [-0.3, -0.25) is 4.79 Å². The minimum absolute atomic E-state index is 0.225. The molecule has 2 saturated heterocycles. The molecule has 0 saturated carbocycles. The van der Waals surface area contributed by atoms with Crippen molar-refractivity contribution in [1.29, 1.82) is 5.26 Å². The predicted octanol–water partition coefficient (Wildman–Crippen LogP) is 2.83. The summed E-state index contributed by atoms with van der Waals surface area (Å²) in [4.78, 5) is 34.6. The third-order valence-electron chi connectivity index (χ3n) is 7.70. The lowest BCUT2D eigenvalue weighted by molar-refractivity contribution is 0.253. The number of benzene rings is 1. The van der Waals surface area contributed by atoms with Crippen molar-refractivity contribution in [3.05, 3.63) is 46.0 Å². The number of anilines is 1. The average Bonchev–Trinajstić information content (AvgIpc) is 3.45. The number of nitriles is 1. The number of aromatic nitrogens is 4. The largest absolute Gasteiger partial charge is 0.369 e. The molecule has 9 heteroatoms. The first-order valence-electron chi connectivity index (χ1n) is 12.3. The molecule has 0 radical (unpaired) electrons. The lowest BCUT2D eigenvalue weighted by atomic mass is 9.91. The summed E-state index contributed by atoms with van der Waals surface area (Å²) in [5.41, 5.74) is 5.34. The van der Waals surface area contributed by atoms with Gasteiger partial charge >= 0.3 is 0 Å². The van der Waals surface area contributed by atoms with Gasteiger partial charge in [-0.1, -0.05) is 0 Å². The van der Waals surface area contributed by atoms with E-state index >= 15 is 0 Å². The minimum atomic E-state index is -0.225. The second-order valence-corrected chi connectivity index (χ2v) is 9.96. The van der Waals surface area contributed by atoms with E-state index < -0.39 is 0 Å². The fourth-order valence-corrected chi connectivity index (χ4v) is 5.53. The Kier molecular flexibility index (Phi) is 5.35. The molecule has 6 rings (SSSR count). The van der Waals surface area contributed by atoms with E-state index in [1.54, 1.807) is 6.20 Å². The van der Waals surface area contributed by atoms with Crippen LogP contribution >= 0.6 is 0 Å². The van der Waals surface area contributed by atoms with Crippen LogP contribution < -0.4 is 10.5 Å². The molecule has 0 spiro atoms. The number of aromatic amines is 3. The van der Waals surface area contributed by atoms with Crippen LogP contribution in [0.1, 0.15) is 30.0 Å². The number of nitrogens with one attached hydrogen (secondary N) is 3. The number of fused-ring (bicyclic) bond motifs is 2. The van der Waals surface area contributed by atoms with Gasteiger partial charge in [0.2, 0.25) is 0 Å². The maximum absolute atomic E-state index is 13.0. The lowest BCUT2D eigenvalue weighted by Crippen LogP contribution is -2.44. The molecule has 5 heterocycles. The van der Waals surface area contributed by atoms with E-state index in [2.05, 4.69) is 61.9 Å². The highest BCUT2D eigenvalue weighted by atomic mass is 16.1. The smallest absolute Gasteiger partial charge is 0.261 e. The van der Waals surface area contributed by atoms with Gasteiger partial charge in [0.15, 0.2) is 0 Å². The van der Waals surface area contributed by atoms with Crippen molar-refractivity contribution in [1.82, 2.24) is 29.7 Å². The molecule has 9 nitrogen and oxygen atoms in total. The Morgan fingerprint density at radius 1 is 1.03 bits per heavy atom. The first-order chi connectivity index (χ1) is 17.0. The molecule has 0 aliphatic carbocycles. The van der Waals surface area contributed by atoms with Crippen molar-refractivity contribution >= 4 is 27.6 Å². The van der Waals surface area contributed by atoms with Crippen molar-refractivity contribution in [2.75, 3.05) is 58.3 Å². The summed E-state index contributed by atoms with van der Waals surface area (Å²) in [5.74, 6) is 0.793. The number of piperazine rings is 1. The Morgan fingerprint density at radius 3 is 2.51 bits per heavy atom. The van der Waals surface area contributed by atoms with Gasteiger partial charge in [-0.15, -0.1) is 0 Å². The molecule has 0 atom stereocenters. The van der Waals surface area contributed by atoms with Crippen molar-refractivity contribution < 1.29 is 0 Å². The van der Waals surface area contributed by atoms with Crippen LogP contribution in [-0.4, -0.2) is 83.1 Å². The van der Waals surface area contributed by atoms with Crippen LogP contribution in [0.25, 0.3) is 33.3 Å². The molecular weight excluding hydrogens is 440 g/mol. The number of hydrogen-bond acceptors (Lipinski definition) is 6. The molecule has 4 aromatic rings. The Bertz CT molecular complexity index is 1490. The number of likely N-dealkylation sites (tertiary alicyclic amines) is 1. The van der Waals surface area contributed by atoms with Crippen molar-refractivity contribution in [2.45, 2.75) is 18.8 Å². The number of likely N-dealkylation sites (N-methyl/N-ethyl adjacent to an activating group) is 1. The van der Waals surface area contributed by atoms with E-state index in [0.29, 0.717) is 22.5 Å². The van der Waals surface area contributed by atoms with Gasteiger partial charge in [-0.25, -0.2) is 4.98 Å². The molecule has 1 aromatic carbocycles. The van der Waals surface area contributed by atoms with E-state index in [1.807, 2.05) is 6.07 Å². The minimum Gasteiger partial charge on any atom is -0.369 e. The number of piperidine rings is 1. The molecule has 0 bridgehead atoms. The van der Waals surface area contributed by atoms with E-state index in [0.717, 1.165) is 79.9 Å². The van der Waals surface area contributed by atoms with Crippen LogP contribution in [0, 0.1) is 11.3 Å². The van der Waals surface area contributed by atoms with Gasteiger partial charge in [0.05, 0.1) is 22.1 Å². The molecule has 180 valence electrons. The molecule has 35 heavy (non-hydrogen) atoms. The van der Waals surface area contributed by atoms with Crippen molar-refractivity contribution in [3.63, 3.8) is 0 Å². The fraction of sp³-hybridized carbons (Fsp3) is 0.423. The third-order valence-corrected chi connectivity index (χ3v) is 7.70. The Hall–Kier alpha value is -3.61. The summed E-state index contributed by atoms with van der Waals surface area (Å²) in [7, 11) is 4.27. The summed E-state index contributed by atoms with van der Waals surface area (Å²) in [6, 6.07) is 8.62. The van der Waals surface area contributed by atoms with Crippen LogP contribution in [0.4, 0.5) is 5.69 Å². The predicted molar refractivity (Wildman–Crippen MR) is 138 cm³/mol. The van der Waals surface area contributed by atoms with Crippen LogP contribution in [-0.2, 0) is 0 Å². The summed E-state index contributed by atoms with van der Waals surface area (Å²) in [6.45, 7) is 6.04. The van der Waals surface area contributed by atoms with Crippen LogP contribution in [0.3, 0.4) is 0 Å². The van der Waals surface area contributed by atoms with Crippen LogP contribution in [0.15, 0.2) is 29.2 Å². The monoisotopic (exact) mass is 470 g/mol. The van der Waals surface area contributed by atoms with Gasteiger partial charge in [-0.2, -0.15) is 5.26 Å². The van der Waals surface area contributed by atoms with Gasteiger partial charge in [0.25, 0.3) is 5.56 Å². The molecule has 3 N–H and O–H groups in total. The zero-order valence-electron chi connectivity index (χ0n) is 20.2. The number of imidazole rings is 1. The van der Waals surface area contributed by atoms with Gasteiger partial charge in [0, 0.05) is 55.1 Å². The summed E-state index contributed by atoms with van der Waals surface area (Å²) in [5, 5.41) is 10.7. The van der Waals surface area contributed by atoms with Gasteiger partial charge in [0.1, 0.15) is 17.5 Å². The van der Waals surface area contributed by atoms with Crippen LogP contribution in [0.2, 0.25) is 0 Å². The molecule has 0 unspecified atom stereocenters. The van der Waals surface area contributed by atoms with E-state index in [-0.39, 0.29) is 11.5 Å². The second kappa shape index (κ2) is 8.56. The zero-order valence-corrected chi connectivity index (χ0v) is 20.2. The van der Waals surface area contributed by atoms with E-state index in [1.165, 1.54) is 0 Å². The Balaban J connectivity index is 1.43. The van der Waals surface area contributed by atoms with Crippen molar-refractivity contribution in [3.8, 4) is 17.5 Å². The maximum Gasteiger partial charge on any atom is 0.261 e. The molecule has 0 amide bonds. The zero-order chi connectivity index (χ0) is 24.1. The second-order valence-electron chi connectivity index (χ2n) is 9.96. The van der Waals surface area contributed by atoms with Crippen molar-refractivity contribution in [2.24, 2.45) is 0 Å². The third kappa shape index (κ3) is 3.79. The molecule has 2 aliphatic heterocycles. The van der Waals surface area contributed by atoms with Crippen LogP contribution in [0.5, 0.6) is 0 Å². The topological polar surface area (TPSA) is 111 Å². The fourth-order valence-electron chi connectivity index (χ4n) is 5.53. The summed E-state index contributed by atoms with van der Waals surface area (Å²) >= 11 is 0.